The van der Waals surface area contributed by atoms with Gasteiger partial charge in [-0.25, -0.2) is 0 Å². The van der Waals surface area contributed by atoms with E-state index in [0.29, 0.717) is 0 Å². The topological polar surface area (TPSA) is 9.72 Å². The summed E-state index contributed by atoms with van der Waals surface area (Å²) in [5, 5.41) is 0. The van der Waals surface area contributed by atoms with Crippen LogP contribution in [0, 0.1) is 0 Å². The molecule has 4 heteroatoms. The predicted octanol–water partition coefficient (Wildman–Crippen LogP) is 15.8. The van der Waals surface area contributed by atoms with Gasteiger partial charge in [-0.2, -0.15) is 0 Å². The van der Waals surface area contributed by atoms with Crippen LogP contribution in [0.5, 0.6) is 0 Å². The molecule has 0 radical (unpaired) electrons. The molecule has 6 aromatic rings. The SMILES string of the molecule is CC(C)(C)c1ccc(N2c3ccc(C(C)(C)C)cc3B3c4cc5c(cc4N(c4ccccc4)c4cc(N6c7ccc(C(C)(C)C)cc7C7(C)CCCCC67C)cc2c43)C(C)(C)CCC5(C)C)cc1. The van der Waals surface area contributed by atoms with E-state index in [1.54, 1.807) is 0 Å². The van der Waals surface area contributed by atoms with Crippen LogP contribution in [0.25, 0.3) is 0 Å². The zero-order chi connectivity index (χ0) is 48.3. The van der Waals surface area contributed by atoms with E-state index in [0.717, 1.165) is 6.42 Å². The largest absolute Gasteiger partial charge is 0.334 e. The molecule has 350 valence electrons. The molecule has 3 heterocycles. The summed E-state index contributed by atoms with van der Waals surface area (Å²) in [5.74, 6) is 0. The van der Waals surface area contributed by atoms with Gasteiger partial charge in [-0.3, -0.25) is 0 Å². The predicted molar refractivity (Wildman–Crippen MR) is 295 cm³/mol. The van der Waals surface area contributed by atoms with E-state index in [-0.39, 0.29) is 44.7 Å². The zero-order valence-electron chi connectivity index (χ0n) is 44.1. The Bertz CT molecular complexity index is 3010. The van der Waals surface area contributed by atoms with E-state index in [2.05, 4.69) is 234 Å². The van der Waals surface area contributed by atoms with Gasteiger partial charge >= 0.3 is 0 Å². The number of para-hydroxylation sites is 1. The summed E-state index contributed by atoms with van der Waals surface area (Å²) in [6, 6.07) is 46.4. The number of nitrogens with zero attached hydrogens (tertiary/aromatic N) is 3. The molecule has 1 fully saturated rings. The van der Waals surface area contributed by atoms with Crippen LogP contribution in [-0.2, 0) is 32.5 Å². The molecule has 0 aromatic heterocycles. The van der Waals surface area contributed by atoms with Gasteiger partial charge in [-0.05, 0) is 164 Å². The van der Waals surface area contributed by atoms with Gasteiger partial charge in [0.05, 0.1) is 5.54 Å². The maximum Gasteiger partial charge on any atom is 0.252 e. The Balaban J connectivity index is 1.28. The number of hydrogen-bond donors (Lipinski definition) is 0. The first kappa shape index (κ1) is 45.2. The van der Waals surface area contributed by atoms with Crippen LogP contribution in [0.3, 0.4) is 0 Å². The van der Waals surface area contributed by atoms with E-state index in [1.807, 2.05) is 0 Å². The Morgan fingerprint density at radius 1 is 0.412 bits per heavy atom. The molecule has 1 saturated carbocycles. The number of rotatable bonds is 3. The fraction of sp³-hybridized carbons (Fsp3) is 0.438. The minimum atomic E-state index is -0.114. The second kappa shape index (κ2) is 14.7. The average Bonchev–Trinajstić information content (AvgIpc) is 3.49. The smallest absolute Gasteiger partial charge is 0.252 e. The first-order valence-electron chi connectivity index (χ1n) is 26.1. The Morgan fingerprint density at radius 3 is 1.51 bits per heavy atom. The molecule has 6 aromatic carbocycles. The number of benzene rings is 6. The molecule has 3 nitrogen and oxygen atoms in total. The standard InChI is InChI=1S/C64H76BN3/c1-58(2,3)41-23-27-45(28-24-41)66-53-30-26-43(60(7,8)9)36-50(53)65-51-39-47-48(62(12,13)34-33-61(47,10)11)40-54(51)67(44-21-17-16-18-22-44)56-38-46(37-55(66)57(56)65)68-52-29-25-42(59(4,5)6)35-49(52)63(14)31-19-20-32-64(63,68)15/h16-18,21-30,35-40H,19-20,31-34H2,1-15H3. The molecule has 2 atom stereocenters. The Morgan fingerprint density at radius 2 is 0.912 bits per heavy atom. The van der Waals surface area contributed by atoms with Crippen LogP contribution in [0.1, 0.15) is 176 Å². The molecule has 0 N–H and O–H groups in total. The van der Waals surface area contributed by atoms with Gasteiger partial charge in [0.2, 0.25) is 0 Å². The number of hydrogen-bond acceptors (Lipinski definition) is 3. The highest BCUT2D eigenvalue weighted by molar-refractivity contribution is 7.00. The molecule has 5 aliphatic rings. The second-order valence-corrected chi connectivity index (χ2v) is 26.5. The fourth-order valence-electron chi connectivity index (χ4n) is 13.5. The summed E-state index contributed by atoms with van der Waals surface area (Å²) in [4.78, 5) is 8.15. The quantitative estimate of drug-likeness (QED) is 0.164. The summed E-state index contributed by atoms with van der Waals surface area (Å²) in [5.41, 5.74) is 23.2. The lowest BCUT2D eigenvalue weighted by atomic mass is 9.33. The molecule has 2 unspecified atom stereocenters. The molecule has 0 amide bonds. The molecule has 0 bridgehead atoms. The monoisotopic (exact) mass is 898 g/mol. The van der Waals surface area contributed by atoms with E-state index in [1.165, 1.54) is 127 Å². The van der Waals surface area contributed by atoms with Crippen LogP contribution in [-0.4, -0.2) is 12.3 Å². The van der Waals surface area contributed by atoms with Crippen molar-refractivity contribution >= 4 is 68.6 Å². The van der Waals surface area contributed by atoms with Gasteiger partial charge in [0.1, 0.15) is 0 Å². The van der Waals surface area contributed by atoms with Crippen molar-refractivity contribution < 1.29 is 0 Å². The maximum atomic E-state index is 2.83. The van der Waals surface area contributed by atoms with Crippen molar-refractivity contribution in [2.24, 2.45) is 0 Å². The number of fused-ring (bicyclic) bond motifs is 8. The van der Waals surface area contributed by atoms with Crippen molar-refractivity contribution in [3.05, 3.63) is 149 Å². The molecule has 0 saturated heterocycles. The van der Waals surface area contributed by atoms with Crippen molar-refractivity contribution in [1.29, 1.82) is 0 Å². The molecule has 0 spiro atoms. The maximum absolute atomic E-state index is 2.83. The van der Waals surface area contributed by atoms with Gasteiger partial charge in [0, 0.05) is 50.9 Å². The first-order chi connectivity index (χ1) is 31.8. The minimum absolute atomic E-state index is 0.000884. The third kappa shape index (κ3) is 6.57. The van der Waals surface area contributed by atoms with E-state index < -0.39 is 0 Å². The molecular weight excluding hydrogens is 822 g/mol. The van der Waals surface area contributed by atoms with Crippen molar-refractivity contribution in [3.8, 4) is 0 Å². The summed E-state index contributed by atoms with van der Waals surface area (Å²) < 4.78 is 0. The number of anilines is 8. The van der Waals surface area contributed by atoms with Gasteiger partial charge in [-0.15, -0.1) is 0 Å². The van der Waals surface area contributed by atoms with E-state index in [9.17, 15) is 0 Å². The van der Waals surface area contributed by atoms with Crippen molar-refractivity contribution in [2.45, 2.75) is 180 Å². The molecule has 68 heavy (non-hydrogen) atoms. The average molecular weight is 898 g/mol. The van der Waals surface area contributed by atoms with E-state index >= 15 is 0 Å². The lowest BCUT2D eigenvalue weighted by Gasteiger charge is -2.51. The molecule has 11 rings (SSSR count). The van der Waals surface area contributed by atoms with Crippen LogP contribution in [0.15, 0.2) is 115 Å². The normalized spacial score (nSPS) is 22.2. The Labute approximate surface area is 410 Å². The minimum Gasteiger partial charge on any atom is -0.334 e. The van der Waals surface area contributed by atoms with Gasteiger partial charge in [-0.1, -0.05) is 170 Å². The highest BCUT2D eigenvalue weighted by Crippen LogP contribution is 2.62. The van der Waals surface area contributed by atoms with Crippen LogP contribution in [0.2, 0.25) is 0 Å². The Kier molecular flexibility index (Phi) is 9.75. The van der Waals surface area contributed by atoms with Crippen molar-refractivity contribution in [2.75, 3.05) is 14.7 Å². The lowest BCUT2D eigenvalue weighted by Crippen LogP contribution is -2.62. The second-order valence-electron chi connectivity index (χ2n) is 26.5. The molecular formula is C64H76BN3. The first-order valence-corrected chi connectivity index (χ1v) is 26.1. The molecule has 3 aliphatic heterocycles. The van der Waals surface area contributed by atoms with Crippen molar-refractivity contribution in [1.82, 2.24) is 0 Å². The van der Waals surface area contributed by atoms with Crippen LogP contribution >= 0.6 is 0 Å². The third-order valence-corrected chi connectivity index (χ3v) is 18.1. The van der Waals surface area contributed by atoms with Crippen molar-refractivity contribution in [3.63, 3.8) is 0 Å². The van der Waals surface area contributed by atoms with Crippen LogP contribution < -0.4 is 31.1 Å². The zero-order valence-corrected chi connectivity index (χ0v) is 44.1. The summed E-state index contributed by atoms with van der Waals surface area (Å²) in [6.07, 6.45) is 7.19. The highest BCUT2D eigenvalue weighted by atomic mass is 15.3. The van der Waals surface area contributed by atoms with E-state index in [4.69, 9.17) is 0 Å². The summed E-state index contributed by atoms with van der Waals surface area (Å²) >= 11 is 0. The fourth-order valence-corrected chi connectivity index (χ4v) is 13.5. The van der Waals surface area contributed by atoms with Crippen LogP contribution in [0.4, 0.5) is 45.5 Å². The Hall–Kier alpha value is -5.22. The molecule has 2 aliphatic carbocycles. The van der Waals surface area contributed by atoms with Gasteiger partial charge in [0.25, 0.3) is 6.71 Å². The van der Waals surface area contributed by atoms with Gasteiger partial charge < -0.3 is 14.7 Å². The highest BCUT2D eigenvalue weighted by Gasteiger charge is 2.58. The third-order valence-electron chi connectivity index (χ3n) is 18.1. The lowest BCUT2D eigenvalue weighted by molar-refractivity contribution is 0.195. The summed E-state index contributed by atoms with van der Waals surface area (Å²) in [7, 11) is 0. The van der Waals surface area contributed by atoms with Gasteiger partial charge in [0.15, 0.2) is 0 Å². The summed E-state index contributed by atoms with van der Waals surface area (Å²) in [6.45, 7) is 36.4.